The monoisotopic (exact) mass is 201 g/mol. The van der Waals surface area contributed by atoms with Gasteiger partial charge in [-0.3, -0.25) is 0 Å². The number of rotatable bonds is 5. The lowest BCUT2D eigenvalue weighted by Crippen LogP contribution is -2.42. The summed E-state index contributed by atoms with van der Waals surface area (Å²) in [5.41, 5.74) is 6.65. The summed E-state index contributed by atoms with van der Waals surface area (Å²) in [6.45, 7) is 7.75. The van der Waals surface area contributed by atoms with Gasteiger partial charge in [-0.1, -0.05) is 13.3 Å². The van der Waals surface area contributed by atoms with Gasteiger partial charge in [0, 0.05) is 11.4 Å². The number of hydrogen-bond acceptors (Lipinski definition) is 4. The SMILES string of the molecule is CCC/C(N)=C(/C)N(N)CC(C)(C)O. The van der Waals surface area contributed by atoms with Crippen molar-refractivity contribution in [1.82, 2.24) is 5.01 Å². The topological polar surface area (TPSA) is 75.5 Å². The van der Waals surface area contributed by atoms with Crippen molar-refractivity contribution < 1.29 is 5.11 Å². The zero-order valence-corrected chi connectivity index (χ0v) is 9.67. The van der Waals surface area contributed by atoms with Crippen molar-refractivity contribution in [1.29, 1.82) is 0 Å². The van der Waals surface area contributed by atoms with E-state index in [1.54, 1.807) is 13.8 Å². The van der Waals surface area contributed by atoms with Gasteiger partial charge < -0.3 is 15.8 Å². The van der Waals surface area contributed by atoms with Crippen molar-refractivity contribution >= 4 is 0 Å². The van der Waals surface area contributed by atoms with Crippen molar-refractivity contribution in [3.63, 3.8) is 0 Å². The number of nitrogens with two attached hydrogens (primary N) is 2. The molecule has 0 radical (unpaired) electrons. The molecule has 0 aromatic carbocycles. The van der Waals surface area contributed by atoms with E-state index in [1.165, 1.54) is 5.01 Å². The van der Waals surface area contributed by atoms with Gasteiger partial charge in [0.2, 0.25) is 0 Å². The number of allylic oxidation sites excluding steroid dienone is 2. The molecule has 0 bridgehead atoms. The standard InChI is InChI=1S/C10H23N3O/c1-5-6-9(11)8(2)13(12)7-10(3,4)14/h14H,5-7,11-12H2,1-4H3/b9-8+. The molecule has 5 N–H and O–H groups in total. The van der Waals surface area contributed by atoms with E-state index in [1.807, 2.05) is 6.92 Å². The first-order chi connectivity index (χ1) is 6.28. The molecule has 0 saturated heterocycles. The molecule has 4 nitrogen and oxygen atoms in total. The van der Waals surface area contributed by atoms with Crippen LogP contribution in [0.1, 0.15) is 40.5 Å². The van der Waals surface area contributed by atoms with E-state index in [9.17, 15) is 5.11 Å². The Kier molecular flexibility index (Phi) is 4.94. The fraction of sp³-hybridized carbons (Fsp3) is 0.800. The van der Waals surface area contributed by atoms with Crippen LogP contribution in [-0.2, 0) is 0 Å². The highest BCUT2D eigenvalue weighted by Crippen LogP contribution is 2.11. The van der Waals surface area contributed by atoms with Crippen LogP contribution in [0.2, 0.25) is 0 Å². The maximum atomic E-state index is 9.56. The average Bonchev–Trinajstić information content (AvgIpc) is 2.00. The molecule has 0 heterocycles. The molecule has 0 aliphatic heterocycles. The van der Waals surface area contributed by atoms with Crippen LogP contribution in [0.15, 0.2) is 11.4 Å². The fourth-order valence-electron chi connectivity index (χ4n) is 1.17. The number of hydrazine groups is 1. The van der Waals surface area contributed by atoms with Gasteiger partial charge in [-0.15, -0.1) is 0 Å². The fourth-order valence-corrected chi connectivity index (χ4v) is 1.17. The number of aliphatic hydroxyl groups is 1. The van der Waals surface area contributed by atoms with Crippen LogP contribution in [0.5, 0.6) is 0 Å². The van der Waals surface area contributed by atoms with Crippen LogP contribution in [0.25, 0.3) is 0 Å². The molecule has 0 fully saturated rings. The molecule has 14 heavy (non-hydrogen) atoms. The van der Waals surface area contributed by atoms with E-state index in [4.69, 9.17) is 11.6 Å². The molecule has 0 spiro atoms. The Bertz CT molecular complexity index is 206. The summed E-state index contributed by atoms with van der Waals surface area (Å²) in [6, 6.07) is 0. The van der Waals surface area contributed by atoms with Crippen molar-refractivity contribution in [2.75, 3.05) is 6.54 Å². The molecule has 0 aromatic rings. The Labute approximate surface area is 86.5 Å². The highest BCUT2D eigenvalue weighted by Gasteiger charge is 2.17. The van der Waals surface area contributed by atoms with E-state index < -0.39 is 5.60 Å². The summed E-state index contributed by atoms with van der Waals surface area (Å²) in [5, 5.41) is 11.1. The summed E-state index contributed by atoms with van der Waals surface area (Å²) < 4.78 is 0. The van der Waals surface area contributed by atoms with E-state index in [0.717, 1.165) is 24.2 Å². The molecular formula is C10H23N3O. The highest BCUT2D eigenvalue weighted by atomic mass is 16.3. The van der Waals surface area contributed by atoms with Gasteiger partial charge in [-0.25, -0.2) is 5.84 Å². The number of nitrogens with zero attached hydrogens (tertiary/aromatic N) is 1. The second-order valence-corrected chi connectivity index (χ2v) is 4.30. The van der Waals surface area contributed by atoms with E-state index >= 15 is 0 Å². The van der Waals surface area contributed by atoms with Crippen LogP contribution in [0, 0.1) is 0 Å². The van der Waals surface area contributed by atoms with Gasteiger partial charge in [-0.2, -0.15) is 0 Å². The van der Waals surface area contributed by atoms with Gasteiger partial charge in [-0.05, 0) is 27.2 Å². The Hall–Kier alpha value is -0.740. The highest BCUT2D eigenvalue weighted by molar-refractivity contribution is 5.06. The minimum absolute atomic E-state index is 0.378. The quantitative estimate of drug-likeness (QED) is 0.457. The minimum Gasteiger partial charge on any atom is -0.401 e. The van der Waals surface area contributed by atoms with Gasteiger partial charge >= 0.3 is 0 Å². The average molecular weight is 201 g/mol. The minimum atomic E-state index is -0.803. The van der Waals surface area contributed by atoms with Crippen LogP contribution in [0.4, 0.5) is 0 Å². The molecule has 0 amide bonds. The zero-order valence-electron chi connectivity index (χ0n) is 9.67. The van der Waals surface area contributed by atoms with Gasteiger partial charge in [0.25, 0.3) is 0 Å². The van der Waals surface area contributed by atoms with Crippen LogP contribution in [-0.4, -0.2) is 22.3 Å². The van der Waals surface area contributed by atoms with Gasteiger partial charge in [0.15, 0.2) is 0 Å². The summed E-state index contributed by atoms with van der Waals surface area (Å²) in [7, 11) is 0. The molecule has 0 aliphatic rings. The maximum Gasteiger partial charge on any atom is 0.0781 e. The summed E-state index contributed by atoms with van der Waals surface area (Å²) >= 11 is 0. The molecule has 0 rings (SSSR count). The van der Waals surface area contributed by atoms with E-state index in [-0.39, 0.29) is 0 Å². The summed E-state index contributed by atoms with van der Waals surface area (Å²) in [4.78, 5) is 0. The van der Waals surface area contributed by atoms with Crippen LogP contribution < -0.4 is 11.6 Å². The van der Waals surface area contributed by atoms with E-state index in [0.29, 0.717) is 6.54 Å². The Morgan fingerprint density at radius 3 is 2.29 bits per heavy atom. The predicted octanol–water partition coefficient (Wildman–Crippen LogP) is 0.923. The molecule has 4 heteroatoms. The Balaban J connectivity index is 4.37. The molecule has 0 aromatic heterocycles. The lowest BCUT2D eigenvalue weighted by Gasteiger charge is -2.28. The molecular weight excluding hydrogens is 178 g/mol. The second-order valence-electron chi connectivity index (χ2n) is 4.30. The largest absolute Gasteiger partial charge is 0.401 e. The number of hydrogen-bond donors (Lipinski definition) is 3. The third-order valence-electron chi connectivity index (χ3n) is 1.97. The smallest absolute Gasteiger partial charge is 0.0781 e. The maximum absolute atomic E-state index is 9.56. The van der Waals surface area contributed by atoms with E-state index in [2.05, 4.69) is 6.92 Å². The lowest BCUT2D eigenvalue weighted by molar-refractivity contribution is 0.0465. The Morgan fingerprint density at radius 2 is 1.93 bits per heavy atom. The second kappa shape index (κ2) is 5.22. The van der Waals surface area contributed by atoms with Gasteiger partial charge in [0.05, 0.1) is 12.1 Å². The first kappa shape index (κ1) is 13.3. The third-order valence-corrected chi connectivity index (χ3v) is 1.97. The molecule has 84 valence electrons. The van der Waals surface area contributed by atoms with Crippen molar-refractivity contribution in [3.05, 3.63) is 11.4 Å². The molecule has 0 unspecified atom stereocenters. The van der Waals surface area contributed by atoms with Crippen molar-refractivity contribution in [3.8, 4) is 0 Å². The first-order valence-electron chi connectivity index (χ1n) is 4.97. The first-order valence-corrected chi connectivity index (χ1v) is 4.97. The Morgan fingerprint density at radius 1 is 1.43 bits per heavy atom. The van der Waals surface area contributed by atoms with Crippen LogP contribution >= 0.6 is 0 Å². The van der Waals surface area contributed by atoms with Crippen molar-refractivity contribution in [2.24, 2.45) is 11.6 Å². The zero-order chi connectivity index (χ0) is 11.4. The van der Waals surface area contributed by atoms with Crippen molar-refractivity contribution in [2.45, 2.75) is 46.1 Å². The summed E-state index contributed by atoms with van der Waals surface area (Å²) in [6.07, 6.45) is 1.84. The molecule has 0 aliphatic carbocycles. The molecule has 0 saturated carbocycles. The van der Waals surface area contributed by atoms with Crippen LogP contribution in [0.3, 0.4) is 0 Å². The lowest BCUT2D eigenvalue weighted by atomic mass is 10.1. The van der Waals surface area contributed by atoms with Gasteiger partial charge in [0.1, 0.15) is 0 Å². The normalized spacial score (nSPS) is 13.9. The summed E-state index contributed by atoms with van der Waals surface area (Å²) in [5.74, 6) is 5.77. The third kappa shape index (κ3) is 5.09. The predicted molar refractivity (Wildman–Crippen MR) is 59.0 cm³/mol. The molecule has 0 atom stereocenters.